The fourth-order valence-electron chi connectivity index (χ4n) is 1.87. The van der Waals surface area contributed by atoms with Crippen molar-refractivity contribution < 1.29 is 27.2 Å². The molecule has 1 aliphatic rings. The molecule has 10 heteroatoms. The monoisotopic (exact) mass is 337 g/mol. The number of amides is 2. The maximum absolute atomic E-state index is 12.2. The normalized spacial score (nSPS) is 13.7. The average Bonchev–Trinajstić information content (AvgIpc) is 3.06. The largest absolute Gasteiger partial charge is 0.482 e. The topological polar surface area (TPSA) is 127 Å². The minimum absolute atomic E-state index is 0.0428. The van der Waals surface area contributed by atoms with Gasteiger partial charge >= 0.3 is 5.91 Å². The molecule has 2 amide bonds. The zero-order valence-electron chi connectivity index (χ0n) is 11.5. The minimum atomic E-state index is -4.03. The number of hydrogen-bond acceptors (Lipinski definition) is 6. The van der Waals surface area contributed by atoms with E-state index in [0.717, 1.165) is 0 Å². The Hall–Kier alpha value is -2.85. The van der Waals surface area contributed by atoms with Crippen LogP contribution in [0.5, 0.6) is 5.75 Å². The van der Waals surface area contributed by atoms with Crippen LogP contribution in [0.15, 0.2) is 45.9 Å². The highest BCUT2D eigenvalue weighted by Crippen LogP contribution is 2.29. The number of furan rings is 1. The zero-order chi connectivity index (χ0) is 16.4. The van der Waals surface area contributed by atoms with E-state index in [9.17, 15) is 18.0 Å². The maximum Gasteiger partial charge on any atom is 0.301 e. The minimum Gasteiger partial charge on any atom is -0.482 e. The van der Waals surface area contributed by atoms with Crippen LogP contribution in [0.4, 0.5) is 5.69 Å². The Balaban J connectivity index is 1.76. The third-order valence-electron chi connectivity index (χ3n) is 2.94. The van der Waals surface area contributed by atoms with Gasteiger partial charge in [0, 0.05) is 0 Å². The molecule has 0 atom stereocenters. The number of rotatable bonds is 4. The number of ether oxygens (including phenoxy) is 1. The molecule has 2 aromatic rings. The molecule has 120 valence electrons. The van der Waals surface area contributed by atoms with E-state index in [1.807, 2.05) is 10.3 Å². The third-order valence-corrected chi connectivity index (χ3v) is 4.18. The molecule has 9 nitrogen and oxygen atoms in total. The SMILES string of the molecule is O=C1COc2ccc(S(=O)(=O)NNC(=O)c3ccco3)cc2N1. The Bertz CT molecular complexity index is 860. The van der Waals surface area contributed by atoms with Crippen molar-refractivity contribution in [3.8, 4) is 5.75 Å². The first-order valence-electron chi connectivity index (χ1n) is 6.38. The first-order valence-corrected chi connectivity index (χ1v) is 7.86. The summed E-state index contributed by atoms with van der Waals surface area (Å²) in [5.74, 6) is -0.804. The molecule has 3 rings (SSSR count). The molecule has 2 heterocycles. The summed E-state index contributed by atoms with van der Waals surface area (Å²) in [4.78, 5) is 24.7. The van der Waals surface area contributed by atoms with Gasteiger partial charge in [-0.3, -0.25) is 15.0 Å². The van der Waals surface area contributed by atoms with E-state index in [1.165, 1.54) is 36.6 Å². The Kier molecular flexibility index (Phi) is 3.76. The lowest BCUT2D eigenvalue weighted by Crippen LogP contribution is -2.41. The van der Waals surface area contributed by atoms with E-state index in [0.29, 0.717) is 5.75 Å². The van der Waals surface area contributed by atoms with Gasteiger partial charge in [0.15, 0.2) is 12.4 Å². The fraction of sp³-hybridized carbons (Fsp3) is 0.0769. The molecule has 0 saturated heterocycles. The van der Waals surface area contributed by atoms with Crippen molar-refractivity contribution in [2.24, 2.45) is 0 Å². The summed E-state index contributed by atoms with van der Waals surface area (Å²) in [5.41, 5.74) is 2.26. The van der Waals surface area contributed by atoms with Crippen molar-refractivity contribution in [1.82, 2.24) is 10.3 Å². The average molecular weight is 337 g/mol. The van der Waals surface area contributed by atoms with Gasteiger partial charge in [0.05, 0.1) is 16.8 Å². The lowest BCUT2D eigenvalue weighted by Gasteiger charge is -2.18. The van der Waals surface area contributed by atoms with Gasteiger partial charge < -0.3 is 14.5 Å². The lowest BCUT2D eigenvalue weighted by molar-refractivity contribution is -0.118. The van der Waals surface area contributed by atoms with Crippen LogP contribution in [-0.2, 0) is 14.8 Å². The number of sulfonamides is 1. The van der Waals surface area contributed by atoms with Crippen molar-refractivity contribution >= 4 is 27.5 Å². The smallest absolute Gasteiger partial charge is 0.301 e. The third kappa shape index (κ3) is 3.17. The second-order valence-corrected chi connectivity index (χ2v) is 6.21. The number of hydrazine groups is 1. The Morgan fingerprint density at radius 2 is 2.09 bits per heavy atom. The van der Waals surface area contributed by atoms with E-state index < -0.39 is 15.9 Å². The number of hydrogen-bond donors (Lipinski definition) is 3. The van der Waals surface area contributed by atoms with Gasteiger partial charge in [0.1, 0.15) is 5.75 Å². The molecular weight excluding hydrogens is 326 g/mol. The highest BCUT2D eigenvalue weighted by Gasteiger charge is 2.21. The number of fused-ring (bicyclic) bond motifs is 1. The lowest BCUT2D eigenvalue weighted by atomic mass is 10.2. The van der Waals surface area contributed by atoms with Crippen molar-refractivity contribution in [2.75, 3.05) is 11.9 Å². The van der Waals surface area contributed by atoms with Crippen LogP contribution >= 0.6 is 0 Å². The van der Waals surface area contributed by atoms with Gasteiger partial charge in [-0.1, -0.05) is 0 Å². The maximum atomic E-state index is 12.2. The van der Waals surface area contributed by atoms with Crippen LogP contribution in [0.1, 0.15) is 10.6 Å². The second-order valence-electron chi connectivity index (χ2n) is 4.53. The van der Waals surface area contributed by atoms with Crippen LogP contribution in [0.25, 0.3) is 0 Å². The molecule has 0 spiro atoms. The van der Waals surface area contributed by atoms with Gasteiger partial charge in [-0.05, 0) is 30.3 Å². The van der Waals surface area contributed by atoms with E-state index in [-0.39, 0.29) is 28.9 Å². The summed E-state index contributed by atoms with van der Waals surface area (Å²) in [6, 6.07) is 6.81. The number of benzene rings is 1. The van der Waals surface area contributed by atoms with Crippen molar-refractivity contribution in [3.63, 3.8) is 0 Å². The van der Waals surface area contributed by atoms with Gasteiger partial charge in [0.25, 0.3) is 15.9 Å². The fourth-order valence-corrected chi connectivity index (χ4v) is 2.74. The first kappa shape index (κ1) is 15.1. The predicted octanol–water partition coefficient (Wildman–Crippen LogP) is 0.234. The molecule has 0 bridgehead atoms. The van der Waals surface area contributed by atoms with Crippen LogP contribution in [0.2, 0.25) is 0 Å². The molecule has 0 unspecified atom stereocenters. The predicted molar refractivity (Wildman–Crippen MR) is 77.1 cm³/mol. The Morgan fingerprint density at radius 3 is 2.83 bits per heavy atom. The van der Waals surface area contributed by atoms with Crippen molar-refractivity contribution in [2.45, 2.75) is 4.90 Å². The molecule has 1 aromatic carbocycles. The summed E-state index contributed by atoms with van der Waals surface area (Å²) in [6.45, 7) is -0.128. The molecule has 0 saturated carbocycles. The van der Waals surface area contributed by atoms with Crippen molar-refractivity contribution in [1.29, 1.82) is 0 Å². The molecule has 23 heavy (non-hydrogen) atoms. The summed E-state index contributed by atoms with van der Waals surface area (Å²) < 4.78 is 34.3. The summed E-state index contributed by atoms with van der Waals surface area (Å²) in [6.07, 6.45) is 1.29. The molecule has 3 N–H and O–H groups in total. The van der Waals surface area contributed by atoms with Crippen LogP contribution in [-0.4, -0.2) is 26.8 Å². The van der Waals surface area contributed by atoms with E-state index >= 15 is 0 Å². The number of anilines is 1. The zero-order valence-corrected chi connectivity index (χ0v) is 12.3. The van der Waals surface area contributed by atoms with E-state index in [4.69, 9.17) is 9.15 Å². The Labute approximate surface area is 130 Å². The second kappa shape index (κ2) is 5.74. The van der Waals surface area contributed by atoms with Crippen LogP contribution in [0.3, 0.4) is 0 Å². The van der Waals surface area contributed by atoms with Gasteiger partial charge in [-0.25, -0.2) is 8.42 Å². The molecule has 1 aromatic heterocycles. The number of carbonyl (C=O) groups is 2. The van der Waals surface area contributed by atoms with Gasteiger partial charge in [-0.2, -0.15) is 0 Å². The molecule has 1 aliphatic heterocycles. The summed E-state index contributed by atoms with van der Waals surface area (Å²) in [5, 5.41) is 2.50. The van der Waals surface area contributed by atoms with Gasteiger partial charge in [-0.15, -0.1) is 4.83 Å². The highest BCUT2D eigenvalue weighted by atomic mass is 32.2. The number of nitrogens with one attached hydrogen (secondary N) is 3. The standard InChI is InChI=1S/C13H11N3O6S/c17-12-7-22-10-4-3-8(6-9(10)14-12)23(19,20)16-15-13(18)11-2-1-5-21-11/h1-6,16H,7H2,(H,14,17)(H,15,18). The Morgan fingerprint density at radius 1 is 1.26 bits per heavy atom. The summed E-state index contributed by atoms with van der Waals surface area (Å²) >= 11 is 0. The number of carbonyl (C=O) groups excluding carboxylic acids is 2. The first-order chi connectivity index (χ1) is 11.0. The van der Waals surface area contributed by atoms with Crippen LogP contribution < -0.4 is 20.3 Å². The highest BCUT2D eigenvalue weighted by molar-refractivity contribution is 7.89. The summed E-state index contributed by atoms with van der Waals surface area (Å²) in [7, 11) is -4.03. The molecule has 0 fully saturated rings. The van der Waals surface area contributed by atoms with Gasteiger partial charge in [0.2, 0.25) is 0 Å². The van der Waals surface area contributed by atoms with Crippen molar-refractivity contribution in [3.05, 3.63) is 42.4 Å². The molecule has 0 aliphatic carbocycles. The van der Waals surface area contributed by atoms with Crippen LogP contribution in [0, 0.1) is 0 Å². The van der Waals surface area contributed by atoms with E-state index in [1.54, 1.807) is 0 Å². The quantitative estimate of drug-likeness (QED) is 0.686. The molecule has 0 radical (unpaired) electrons. The molecular formula is C13H11N3O6S. The van der Waals surface area contributed by atoms with E-state index in [2.05, 4.69) is 5.32 Å².